The van der Waals surface area contributed by atoms with Crippen LogP contribution in [-0.2, 0) is 27.7 Å². The molecule has 1 aliphatic rings. The van der Waals surface area contributed by atoms with Gasteiger partial charge in [-0.15, -0.1) is 10.2 Å². The van der Waals surface area contributed by atoms with Crippen molar-refractivity contribution < 1.29 is 13.2 Å². The van der Waals surface area contributed by atoms with Gasteiger partial charge in [-0.3, -0.25) is 4.79 Å². The Kier molecular flexibility index (Phi) is 6.04. The Morgan fingerprint density at radius 3 is 2.72 bits per heavy atom. The number of carbonyl (C=O) groups excluding carboxylic acids is 1. The highest BCUT2D eigenvalue weighted by atomic mass is 32.2. The molecule has 10 heteroatoms. The van der Waals surface area contributed by atoms with E-state index in [1.165, 1.54) is 16.9 Å². The molecule has 0 saturated heterocycles. The van der Waals surface area contributed by atoms with Gasteiger partial charge in [0.1, 0.15) is 5.01 Å². The Balaban J connectivity index is 1.30. The molecule has 0 spiro atoms. The Labute approximate surface area is 177 Å². The van der Waals surface area contributed by atoms with Gasteiger partial charge < -0.3 is 5.32 Å². The number of sulfonamides is 1. The van der Waals surface area contributed by atoms with Crippen LogP contribution >= 0.6 is 22.7 Å². The van der Waals surface area contributed by atoms with Gasteiger partial charge in [-0.05, 0) is 60.4 Å². The minimum atomic E-state index is -3.64. The SMILES string of the molecule is O=C(CCNS(=O)(=O)c1ccc2c(c1)CCCC2)Nc1nnc(-c2ccsc2)s1. The lowest BCUT2D eigenvalue weighted by molar-refractivity contribution is -0.116. The fourth-order valence-corrected chi connectivity index (χ4v) is 5.77. The Morgan fingerprint density at radius 2 is 1.93 bits per heavy atom. The van der Waals surface area contributed by atoms with Gasteiger partial charge in [0.15, 0.2) is 0 Å². The molecule has 0 saturated carbocycles. The fourth-order valence-electron chi connectivity index (χ4n) is 3.22. The van der Waals surface area contributed by atoms with Crippen LogP contribution in [0.2, 0.25) is 0 Å². The topological polar surface area (TPSA) is 101 Å². The summed E-state index contributed by atoms with van der Waals surface area (Å²) in [6.07, 6.45) is 4.16. The van der Waals surface area contributed by atoms with Crippen molar-refractivity contribution in [3.8, 4) is 10.6 Å². The van der Waals surface area contributed by atoms with Crippen molar-refractivity contribution in [1.82, 2.24) is 14.9 Å². The van der Waals surface area contributed by atoms with E-state index >= 15 is 0 Å². The number of amides is 1. The van der Waals surface area contributed by atoms with Crippen LogP contribution in [0.3, 0.4) is 0 Å². The van der Waals surface area contributed by atoms with Crippen LogP contribution < -0.4 is 10.0 Å². The summed E-state index contributed by atoms with van der Waals surface area (Å²) in [7, 11) is -3.64. The zero-order valence-corrected chi connectivity index (χ0v) is 18.0. The van der Waals surface area contributed by atoms with Gasteiger partial charge in [0.05, 0.1) is 4.90 Å². The molecule has 3 aromatic rings. The maximum Gasteiger partial charge on any atom is 0.240 e. The molecule has 29 heavy (non-hydrogen) atoms. The molecule has 1 aromatic carbocycles. The van der Waals surface area contributed by atoms with E-state index in [1.807, 2.05) is 22.9 Å². The highest BCUT2D eigenvalue weighted by Gasteiger charge is 2.18. The number of nitrogens with one attached hydrogen (secondary N) is 2. The summed E-state index contributed by atoms with van der Waals surface area (Å²) in [5.74, 6) is -0.314. The Morgan fingerprint density at radius 1 is 1.10 bits per heavy atom. The lowest BCUT2D eigenvalue weighted by atomic mass is 9.92. The molecule has 152 valence electrons. The average molecular weight is 449 g/mol. The van der Waals surface area contributed by atoms with E-state index in [-0.39, 0.29) is 23.8 Å². The van der Waals surface area contributed by atoms with E-state index in [9.17, 15) is 13.2 Å². The number of aryl methyl sites for hydroxylation is 2. The molecule has 0 atom stereocenters. The standard InChI is InChI=1S/C19H20N4O3S3/c24-17(21-19-23-22-18(28-19)15-8-10-27-12-15)7-9-20-29(25,26)16-6-5-13-3-1-2-4-14(13)11-16/h5-6,8,10-12,20H,1-4,7,9H2,(H,21,23,24). The zero-order valence-electron chi connectivity index (χ0n) is 15.6. The number of benzene rings is 1. The minimum Gasteiger partial charge on any atom is -0.300 e. The number of hydrogen-bond donors (Lipinski definition) is 2. The van der Waals surface area contributed by atoms with Crippen molar-refractivity contribution in [1.29, 1.82) is 0 Å². The molecule has 2 heterocycles. The number of anilines is 1. The first-order chi connectivity index (χ1) is 14.0. The van der Waals surface area contributed by atoms with E-state index in [4.69, 9.17) is 0 Å². The van der Waals surface area contributed by atoms with Gasteiger partial charge in [0.2, 0.25) is 21.1 Å². The minimum absolute atomic E-state index is 0.0114. The third-order valence-electron chi connectivity index (χ3n) is 4.71. The van der Waals surface area contributed by atoms with E-state index in [0.717, 1.165) is 41.8 Å². The number of aromatic nitrogens is 2. The molecule has 0 radical (unpaired) electrons. The number of nitrogens with zero attached hydrogens (tertiary/aromatic N) is 2. The number of carbonyl (C=O) groups is 1. The van der Waals surface area contributed by atoms with Gasteiger partial charge in [0, 0.05) is 23.9 Å². The lowest BCUT2D eigenvalue weighted by Crippen LogP contribution is -2.28. The van der Waals surface area contributed by atoms with Crippen LogP contribution in [0.5, 0.6) is 0 Å². The molecule has 0 fully saturated rings. The van der Waals surface area contributed by atoms with Crippen LogP contribution in [0, 0.1) is 0 Å². The first-order valence-electron chi connectivity index (χ1n) is 9.29. The van der Waals surface area contributed by atoms with Crippen LogP contribution in [0.25, 0.3) is 10.6 Å². The summed E-state index contributed by atoms with van der Waals surface area (Å²) in [6, 6.07) is 7.23. The number of rotatable bonds is 7. The third-order valence-corrected chi connectivity index (χ3v) is 7.74. The summed E-state index contributed by atoms with van der Waals surface area (Å²) < 4.78 is 27.6. The maximum absolute atomic E-state index is 12.5. The molecular formula is C19H20N4O3S3. The monoisotopic (exact) mass is 448 g/mol. The van der Waals surface area contributed by atoms with Crippen LogP contribution in [0.15, 0.2) is 39.9 Å². The fraction of sp³-hybridized carbons (Fsp3) is 0.316. The summed E-state index contributed by atoms with van der Waals surface area (Å²) in [5.41, 5.74) is 3.30. The summed E-state index contributed by atoms with van der Waals surface area (Å²) in [5, 5.41) is 15.7. The molecule has 0 unspecified atom stereocenters. The second-order valence-electron chi connectivity index (χ2n) is 6.76. The molecule has 0 bridgehead atoms. The average Bonchev–Trinajstić information content (AvgIpc) is 3.39. The summed E-state index contributed by atoms with van der Waals surface area (Å²) in [6.45, 7) is 0.0153. The Bertz CT molecular complexity index is 1110. The van der Waals surface area contributed by atoms with E-state index in [1.54, 1.807) is 23.5 Å². The Hall–Kier alpha value is -2.14. The largest absolute Gasteiger partial charge is 0.300 e. The van der Waals surface area contributed by atoms with Crippen molar-refractivity contribution in [3.05, 3.63) is 46.2 Å². The highest BCUT2D eigenvalue weighted by Crippen LogP contribution is 2.28. The van der Waals surface area contributed by atoms with Gasteiger partial charge in [-0.2, -0.15) is 11.3 Å². The molecular weight excluding hydrogens is 428 g/mol. The van der Waals surface area contributed by atoms with Crippen molar-refractivity contribution >= 4 is 43.7 Å². The quantitative estimate of drug-likeness (QED) is 0.576. The molecule has 1 amide bonds. The van der Waals surface area contributed by atoms with Gasteiger partial charge in [-0.1, -0.05) is 17.4 Å². The van der Waals surface area contributed by atoms with Crippen molar-refractivity contribution in [2.75, 3.05) is 11.9 Å². The van der Waals surface area contributed by atoms with Gasteiger partial charge >= 0.3 is 0 Å². The second kappa shape index (κ2) is 8.70. The van der Waals surface area contributed by atoms with E-state index in [0.29, 0.717) is 5.13 Å². The summed E-state index contributed by atoms with van der Waals surface area (Å²) in [4.78, 5) is 12.4. The van der Waals surface area contributed by atoms with Crippen LogP contribution in [0.1, 0.15) is 30.4 Å². The van der Waals surface area contributed by atoms with Crippen LogP contribution in [0.4, 0.5) is 5.13 Å². The first-order valence-corrected chi connectivity index (χ1v) is 12.5. The zero-order chi connectivity index (χ0) is 20.3. The number of thiophene rings is 1. The highest BCUT2D eigenvalue weighted by molar-refractivity contribution is 7.89. The van der Waals surface area contributed by atoms with E-state index < -0.39 is 10.0 Å². The van der Waals surface area contributed by atoms with Gasteiger partial charge in [-0.25, -0.2) is 13.1 Å². The number of fused-ring (bicyclic) bond motifs is 1. The molecule has 2 N–H and O–H groups in total. The van der Waals surface area contributed by atoms with Gasteiger partial charge in [0.25, 0.3) is 0 Å². The maximum atomic E-state index is 12.5. The first kappa shape index (κ1) is 20.1. The van der Waals surface area contributed by atoms with E-state index in [2.05, 4.69) is 20.2 Å². The van der Waals surface area contributed by atoms with Crippen molar-refractivity contribution in [2.45, 2.75) is 37.0 Å². The second-order valence-corrected chi connectivity index (χ2v) is 10.3. The smallest absolute Gasteiger partial charge is 0.240 e. The number of hydrogen-bond acceptors (Lipinski definition) is 7. The molecule has 0 aliphatic heterocycles. The molecule has 7 nitrogen and oxygen atoms in total. The predicted octanol–water partition coefficient (Wildman–Crippen LogP) is 3.45. The van der Waals surface area contributed by atoms with Crippen molar-refractivity contribution in [2.24, 2.45) is 0 Å². The molecule has 1 aliphatic carbocycles. The molecule has 4 rings (SSSR count). The lowest BCUT2D eigenvalue weighted by Gasteiger charge is -2.16. The third kappa shape index (κ3) is 4.89. The predicted molar refractivity (Wildman–Crippen MR) is 115 cm³/mol. The normalized spacial score (nSPS) is 13.8. The van der Waals surface area contributed by atoms with Crippen LogP contribution in [-0.4, -0.2) is 31.1 Å². The molecule has 2 aromatic heterocycles. The summed E-state index contributed by atoms with van der Waals surface area (Å²) >= 11 is 2.84. The van der Waals surface area contributed by atoms with Crippen molar-refractivity contribution in [3.63, 3.8) is 0 Å².